The van der Waals surface area contributed by atoms with Gasteiger partial charge in [-0.15, -0.1) is 0 Å². The molecule has 20 heavy (non-hydrogen) atoms. The Kier molecular flexibility index (Phi) is 4.62. The van der Waals surface area contributed by atoms with Gasteiger partial charge in [-0.2, -0.15) is 0 Å². The van der Waals surface area contributed by atoms with Crippen molar-refractivity contribution in [3.63, 3.8) is 0 Å². The summed E-state index contributed by atoms with van der Waals surface area (Å²) in [4.78, 5) is 8.02. The fraction of sp³-hybridized carbons (Fsp3) is 0.214. The second-order valence-electron chi connectivity index (χ2n) is 4.43. The van der Waals surface area contributed by atoms with Gasteiger partial charge in [0.1, 0.15) is 6.33 Å². The number of hydrogen-bond acceptors (Lipinski definition) is 5. The molecule has 6 heteroatoms. The van der Waals surface area contributed by atoms with Crippen LogP contribution in [0.4, 0.5) is 0 Å². The number of rotatable bonds is 5. The number of aryl methyl sites for hydroxylation is 1. The average molecular weight is 271 g/mol. The minimum Gasteiger partial charge on any atom is -0.409 e. The molecule has 0 aliphatic rings. The van der Waals surface area contributed by atoms with E-state index in [9.17, 15) is 0 Å². The third-order valence-corrected chi connectivity index (χ3v) is 3.01. The maximum Gasteiger partial charge on any atom is 0.170 e. The highest BCUT2D eigenvalue weighted by atomic mass is 16.4. The Hall–Kier alpha value is -2.47. The molecule has 0 bridgehead atoms. The topological polar surface area (TPSA) is 96.4 Å². The Morgan fingerprint density at radius 1 is 1.35 bits per heavy atom. The summed E-state index contributed by atoms with van der Waals surface area (Å²) in [5.41, 5.74) is 9.47. The van der Waals surface area contributed by atoms with Gasteiger partial charge in [-0.3, -0.25) is 0 Å². The molecule has 2 aromatic rings. The first-order valence-electron chi connectivity index (χ1n) is 6.23. The van der Waals surface area contributed by atoms with Gasteiger partial charge in [0.25, 0.3) is 0 Å². The summed E-state index contributed by atoms with van der Waals surface area (Å²) in [6, 6.07) is 7.58. The van der Waals surface area contributed by atoms with E-state index in [1.807, 2.05) is 31.2 Å². The van der Waals surface area contributed by atoms with Gasteiger partial charge in [0.15, 0.2) is 5.84 Å². The van der Waals surface area contributed by atoms with Gasteiger partial charge in [0.2, 0.25) is 0 Å². The van der Waals surface area contributed by atoms with E-state index in [1.165, 1.54) is 6.33 Å². The van der Waals surface area contributed by atoms with Crippen molar-refractivity contribution in [2.24, 2.45) is 10.9 Å². The van der Waals surface area contributed by atoms with E-state index < -0.39 is 0 Å². The zero-order chi connectivity index (χ0) is 14.4. The summed E-state index contributed by atoms with van der Waals surface area (Å²) in [5.74, 6) is 0.119. The molecule has 0 aliphatic carbocycles. The summed E-state index contributed by atoms with van der Waals surface area (Å²) >= 11 is 0. The molecule has 0 unspecified atom stereocenters. The molecule has 1 aromatic carbocycles. The van der Waals surface area contributed by atoms with Crippen LogP contribution < -0.4 is 11.1 Å². The summed E-state index contributed by atoms with van der Waals surface area (Å²) in [6.45, 7) is 3.41. The predicted molar refractivity (Wildman–Crippen MR) is 76.3 cm³/mol. The van der Waals surface area contributed by atoms with Crippen LogP contribution in [0.1, 0.15) is 22.4 Å². The second-order valence-corrected chi connectivity index (χ2v) is 4.43. The third-order valence-electron chi connectivity index (χ3n) is 3.01. The first-order chi connectivity index (χ1) is 9.70. The van der Waals surface area contributed by atoms with Crippen molar-refractivity contribution in [2.45, 2.75) is 20.0 Å². The Bertz CT molecular complexity index is 598. The van der Waals surface area contributed by atoms with Crippen LogP contribution in [-0.2, 0) is 13.1 Å². The highest BCUT2D eigenvalue weighted by molar-refractivity contribution is 5.97. The molecule has 1 heterocycles. The van der Waals surface area contributed by atoms with E-state index >= 15 is 0 Å². The minimum atomic E-state index is 0.119. The van der Waals surface area contributed by atoms with Crippen molar-refractivity contribution in [3.8, 4) is 0 Å². The lowest BCUT2D eigenvalue weighted by Crippen LogP contribution is -2.16. The molecule has 0 fully saturated rings. The molecule has 0 saturated heterocycles. The number of amidine groups is 1. The normalized spacial score (nSPS) is 11.6. The van der Waals surface area contributed by atoms with Gasteiger partial charge in [0, 0.05) is 24.8 Å². The SMILES string of the molecule is Cc1cc(/C(N)=N/O)ccc1CNCc1ccncn1. The van der Waals surface area contributed by atoms with Gasteiger partial charge in [0.05, 0.1) is 5.69 Å². The predicted octanol–water partition coefficient (Wildman–Crippen LogP) is 1.17. The molecule has 0 amide bonds. The van der Waals surface area contributed by atoms with E-state index in [0.717, 1.165) is 23.4 Å². The molecule has 0 radical (unpaired) electrons. The molecule has 0 atom stereocenters. The summed E-state index contributed by atoms with van der Waals surface area (Å²) in [7, 11) is 0. The standard InChI is InChI=1S/C14H17N5O/c1-10-6-11(14(15)19-20)2-3-12(10)7-17-8-13-4-5-16-9-18-13/h2-6,9,17,20H,7-8H2,1H3,(H2,15,19). The lowest BCUT2D eigenvalue weighted by Gasteiger charge is -2.09. The lowest BCUT2D eigenvalue weighted by atomic mass is 10.0. The molecular weight excluding hydrogens is 254 g/mol. The molecule has 1 aromatic heterocycles. The third kappa shape index (κ3) is 3.52. The Balaban J connectivity index is 1.97. The summed E-state index contributed by atoms with van der Waals surface area (Å²) < 4.78 is 0. The Labute approximate surface area is 117 Å². The van der Waals surface area contributed by atoms with Gasteiger partial charge in [-0.1, -0.05) is 17.3 Å². The van der Waals surface area contributed by atoms with Crippen molar-refractivity contribution >= 4 is 5.84 Å². The number of nitrogens with zero attached hydrogens (tertiary/aromatic N) is 3. The van der Waals surface area contributed by atoms with E-state index in [-0.39, 0.29) is 5.84 Å². The number of aromatic nitrogens is 2. The zero-order valence-corrected chi connectivity index (χ0v) is 11.2. The molecule has 0 spiro atoms. The fourth-order valence-electron chi connectivity index (χ4n) is 1.86. The first-order valence-corrected chi connectivity index (χ1v) is 6.23. The van der Waals surface area contributed by atoms with Gasteiger partial charge in [-0.05, 0) is 30.2 Å². The molecular formula is C14H17N5O. The van der Waals surface area contributed by atoms with E-state index in [0.29, 0.717) is 12.1 Å². The molecule has 2 rings (SSSR count). The van der Waals surface area contributed by atoms with Crippen molar-refractivity contribution in [1.82, 2.24) is 15.3 Å². The van der Waals surface area contributed by atoms with Crippen molar-refractivity contribution in [2.75, 3.05) is 0 Å². The molecule has 0 aliphatic heterocycles. The Morgan fingerprint density at radius 3 is 2.85 bits per heavy atom. The van der Waals surface area contributed by atoms with Crippen LogP contribution in [0.3, 0.4) is 0 Å². The van der Waals surface area contributed by atoms with Crippen LogP contribution in [0.2, 0.25) is 0 Å². The highest BCUT2D eigenvalue weighted by Crippen LogP contribution is 2.11. The Morgan fingerprint density at radius 2 is 2.20 bits per heavy atom. The number of hydrogen-bond donors (Lipinski definition) is 3. The van der Waals surface area contributed by atoms with Gasteiger partial charge in [-0.25, -0.2) is 9.97 Å². The van der Waals surface area contributed by atoms with Crippen LogP contribution in [0, 0.1) is 6.92 Å². The summed E-state index contributed by atoms with van der Waals surface area (Å²) in [6.07, 6.45) is 3.26. The van der Waals surface area contributed by atoms with E-state index in [1.54, 1.807) is 6.20 Å². The maximum absolute atomic E-state index is 8.65. The van der Waals surface area contributed by atoms with Gasteiger partial charge >= 0.3 is 0 Å². The fourth-order valence-corrected chi connectivity index (χ4v) is 1.86. The zero-order valence-electron chi connectivity index (χ0n) is 11.2. The largest absolute Gasteiger partial charge is 0.409 e. The quantitative estimate of drug-likeness (QED) is 0.328. The molecule has 0 saturated carbocycles. The molecule has 6 nitrogen and oxygen atoms in total. The summed E-state index contributed by atoms with van der Waals surface area (Å²) in [5, 5.41) is 15.0. The number of oxime groups is 1. The number of nitrogens with two attached hydrogens (primary N) is 1. The van der Waals surface area contributed by atoms with Crippen LogP contribution in [0.5, 0.6) is 0 Å². The van der Waals surface area contributed by atoms with E-state index in [2.05, 4.69) is 20.4 Å². The lowest BCUT2D eigenvalue weighted by molar-refractivity contribution is 0.318. The first kappa shape index (κ1) is 14.0. The average Bonchev–Trinajstić information content (AvgIpc) is 2.49. The van der Waals surface area contributed by atoms with Gasteiger partial charge < -0.3 is 16.3 Å². The molecule has 4 N–H and O–H groups in total. The minimum absolute atomic E-state index is 0.119. The maximum atomic E-state index is 8.65. The van der Waals surface area contributed by atoms with Crippen LogP contribution in [0.25, 0.3) is 0 Å². The van der Waals surface area contributed by atoms with Crippen LogP contribution in [-0.4, -0.2) is 21.0 Å². The van der Waals surface area contributed by atoms with Crippen LogP contribution >= 0.6 is 0 Å². The van der Waals surface area contributed by atoms with Crippen molar-refractivity contribution < 1.29 is 5.21 Å². The monoisotopic (exact) mass is 271 g/mol. The highest BCUT2D eigenvalue weighted by Gasteiger charge is 2.03. The number of nitrogens with one attached hydrogen (secondary N) is 1. The van der Waals surface area contributed by atoms with E-state index in [4.69, 9.17) is 10.9 Å². The second kappa shape index (κ2) is 6.63. The number of benzene rings is 1. The smallest absolute Gasteiger partial charge is 0.170 e. The van der Waals surface area contributed by atoms with Crippen LogP contribution in [0.15, 0.2) is 41.9 Å². The van der Waals surface area contributed by atoms with Crippen molar-refractivity contribution in [1.29, 1.82) is 0 Å². The van der Waals surface area contributed by atoms with Crippen molar-refractivity contribution in [3.05, 3.63) is 59.2 Å². The molecule has 104 valence electrons.